The van der Waals surface area contributed by atoms with E-state index < -0.39 is 5.97 Å². The van der Waals surface area contributed by atoms with Crippen LogP contribution in [-0.2, 0) is 13.1 Å². The highest BCUT2D eigenvalue weighted by atomic mass is 79.9. The maximum Gasteiger partial charge on any atom is 0.372 e. The molecule has 6 heteroatoms. The van der Waals surface area contributed by atoms with Gasteiger partial charge >= 0.3 is 5.97 Å². The second-order valence-electron chi connectivity index (χ2n) is 3.39. The molecule has 2 N–H and O–H groups in total. The van der Waals surface area contributed by atoms with Gasteiger partial charge in [0, 0.05) is 23.5 Å². The molecule has 0 aliphatic rings. The monoisotopic (exact) mass is 315 g/mol. The largest absolute Gasteiger partial charge is 0.475 e. The summed E-state index contributed by atoms with van der Waals surface area (Å²) >= 11 is 5.04. The molecule has 0 aliphatic heterocycles. The van der Waals surface area contributed by atoms with Crippen molar-refractivity contribution in [2.75, 3.05) is 0 Å². The standard InChI is InChI=1S/C11H10BrNO3S/c12-9-2-1-8(17-9)6-13-5-7-3-4-16-10(7)11(14)15/h1-4,13H,5-6H2,(H,14,15). The van der Waals surface area contributed by atoms with Crippen LogP contribution in [0.5, 0.6) is 0 Å². The molecular weight excluding hydrogens is 306 g/mol. The first-order chi connectivity index (χ1) is 8.16. The average Bonchev–Trinajstić information content (AvgIpc) is 2.87. The molecule has 0 aliphatic carbocycles. The van der Waals surface area contributed by atoms with E-state index in [9.17, 15) is 4.79 Å². The fraction of sp³-hybridized carbons (Fsp3) is 0.182. The summed E-state index contributed by atoms with van der Waals surface area (Å²) < 4.78 is 5.98. The van der Waals surface area contributed by atoms with E-state index in [2.05, 4.69) is 21.2 Å². The molecule has 0 atom stereocenters. The second kappa shape index (κ2) is 5.48. The quantitative estimate of drug-likeness (QED) is 0.890. The van der Waals surface area contributed by atoms with Crippen LogP contribution in [0.3, 0.4) is 0 Å². The van der Waals surface area contributed by atoms with Gasteiger partial charge in [-0.25, -0.2) is 4.79 Å². The highest BCUT2D eigenvalue weighted by Crippen LogP contribution is 2.21. The maximum atomic E-state index is 10.8. The molecule has 0 radical (unpaired) electrons. The minimum absolute atomic E-state index is 0.00450. The van der Waals surface area contributed by atoms with Crippen molar-refractivity contribution in [2.24, 2.45) is 0 Å². The van der Waals surface area contributed by atoms with Gasteiger partial charge in [0.25, 0.3) is 0 Å². The summed E-state index contributed by atoms with van der Waals surface area (Å²) in [6.45, 7) is 1.19. The zero-order chi connectivity index (χ0) is 12.3. The van der Waals surface area contributed by atoms with E-state index in [1.165, 1.54) is 11.1 Å². The lowest BCUT2D eigenvalue weighted by Crippen LogP contribution is -2.13. The molecule has 17 heavy (non-hydrogen) atoms. The van der Waals surface area contributed by atoms with Crippen molar-refractivity contribution in [3.05, 3.63) is 44.4 Å². The van der Waals surface area contributed by atoms with Crippen molar-refractivity contribution < 1.29 is 14.3 Å². The van der Waals surface area contributed by atoms with Gasteiger partial charge in [-0.05, 0) is 34.1 Å². The van der Waals surface area contributed by atoms with Crippen molar-refractivity contribution in [3.63, 3.8) is 0 Å². The Balaban J connectivity index is 1.90. The Bertz CT molecular complexity index is 520. The number of rotatable bonds is 5. The zero-order valence-corrected chi connectivity index (χ0v) is 11.2. The van der Waals surface area contributed by atoms with Gasteiger partial charge in [0.1, 0.15) is 0 Å². The van der Waals surface area contributed by atoms with Gasteiger partial charge in [0.05, 0.1) is 10.0 Å². The fourth-order valence-corrected chi connectivity index (χ4v) is 2.88. The van der Waals surface area contributed by atoms with E-state index in [0.717, 1.165) is 3.79 Å². The Morgan fingerprint density at radius 2 is 2.24 bits per heavy atom. The number of thiophene rings is 1. The summed E-state index contributed by atoms with van der Waals surface area (Å²) in [6, 6.07) is 5.68. The third-order valence-electron chi connectivity index (χ3n) is 2.18. The normalized spacial score (nSPS) is 10.6. The van der Waals surface area contributed by atoms with Crippen molar-refractivity contribution >= 4 is 33.2 Å². The SMILES string of the molecule is O=C(O)c1occc1CNCc1ccc(Br)s1. The first-order valence-electron chi connectivity index (χ1n) is 4.91. The first-order valence-corrected chi connectivity index (χ1v) is 6.52. The predicted octanol–water partition coefficient (Wildman–Crippen LogP) is 3.09. The summed E-state index contributed by atoms with van der Waals surface area (Å²) in [6.07, 6.45) is 1.39. The fourth-order valence-electron chi connectivity index (χ4n) is 1.43. The van der Waals surface area contributed by atoms with Crippen LogP contribution in [0.15, 0.2) is 32.7 Å². The number of carboxylic acid groups (broad SMARTS) is 1. The van der Waals surface area contributed by atoms with E-state index in [4.69, 9.17) is 9.52 Å². The molecule has 0 unspecified atom stereocenters. The Morgan fingerprint density at radius 3 is 2.88 bits per heavy atom. The summed E-state index contributed by atoms with van der Waals surface area (Å²) in [5, 5.41) is 12.0. The average molecular weight is 316 g/mol. The molecule has 0 spiro atoms. The molecule has 90 valence electrons. The molecule has 2 rings (SSSR count). The molecule has 2 aromatic rings. The van der Waals surface area contributed by atoms with Crippen LogP contribution in [-0.4, -0.2) is 11.1 Å². The third kappa shape index (κ3) is 3.18. The van der Waals surface area contributed by atoms with Crippen LogP contribution in [0.1, 0.15) is 21.0 Å². The number of furan rings is 1. The van der Waals surface area contributed by atoms with Gasteiger partial charge in [0.15, 0.2) is 0 Å². The third-order valence-corrected chi connectivity index (χ3v) is 3.81. The van der Waals surface area contributed by atoms with Gasteiger partial charge < -0.3 is 14.8 Å². The van der Waals surface area contributed by atoms with Gasteiger partial charge in [-0.15, -0.1) is 11.3 Å². The Kier molecular flexibility index (Phi) is 3.98. The van der Waals surface area contributed by atoms with E-state index in [1.54, 1.807) is 17.4 Å². The lowest BCUT2D eigenvalue weighted by molar-refractivity contribution is 0.0660. The topological polar surface area (TPSA) is 62.5 Å². The maximum absolute atomic E-state index is 10.8. The Labute approximate surface area is 110 Å². The van der Waals surface area contributed by atoms with Gasteiger partial charge in [-0.1, -0.05) is 0 Å². The summed E-state index contributed by atoms with van der Waals surface area (Å²) in [4.78, 5) is 12.0. The van der Waals surface area contributed by atoms with Crippen LogP contribution in [0.25, 0.3) is 0 Å². The molecule has 0 fully saturated rings. The number of hydrogen-bond acceptors (Lipinski definition) is 4. The molecular formula is C11H10BrNO3S. The molecule has 0 amide bonds. The molecule has 0 bridgehead atoms. The van der Waals surface area contributed by atoms with Gasteiger partial charge in [-0.3, -0.25) is 0 Å². The highest BCUT2D eigenvalue weighted by Gasteiger charge is 2.13. The van der Waals surface area contributed by atoms with E-state index >= 15 is 0 Å². The Morgan fingerprint density at radius 1 is 1.41 bits per heavy atom. The van der Waals surface area contributed by atoms with Gasteiger partial charge in [-0.2, -0.15) is 0 Å². The van der Waals surface area contributed by atoms with Crippen molar-refractivity contribution in [1.29, 1.82) is 0 Å². The van der Waals surface area contributed by atoms with Crippen LogP contribution in [0.2, 0.25) is 0 Å². The molecule has 2 heterocycles. The minimum Gasteiger partial charge on any atom is -0.475 e. The van der Waals surface area contributed by atoms with Crippen LogP contribution < -0.4 is 5.32 Å². The molecule has 0 saturated carbocycles. The number of halogens is 1. The summed E-state index contributed by atoms with van der Waals surface area (Å²) in [5.41, 5.74) is 0.660. The highest BCUT2D eigenvalue weighted by molar-refractivity contribution is 9.11. The van der Waals surface area contributed by atoms with Crippen molar-refractivity contribution in [2.45, 2.75) is 13.1 Å². The van der Waals surface area contributed by atoms with Crippen LogP contribution in [0, 0.1) is 0 Å². The number of hydrogen-bond donors (Lipinski definition) is 2. The van der Waals surface area contributed by atoms with E-state index in [1.807, 2.05) is 12.1 Å². The first kappa shape index (κ1) is 12.3. The van der Waals surface area contributed by atoms with E-state index in [-0.39, 0.29) is 5.76 Å². The second-order valence-corrected chi connectivity index (χ2v) is 5.94. The molecule has 4 nitrogen and oxygen atoms in total. The lowest BCUT2D eigenvalue weighted by Gasteiger charge is -2.01. The van der Waals surface area contributed by atoms with Crippen molar-refractivity contribution in [1.82, 2.24) is 5.32 Å². The Hall–Kier alpha value is -1.11. The number of carbonyl (C=O) groups is 1. The number of carboxylic acids is 1. The smallest absolute Gasteiger partial charge is 0.372 e. The predicted molar refractivity (Wildman–Crippen MR) is 68.2 cm³/mol. The summed E-state index contributed by atoms with van der Waals surface area (Å²) in [7, 11) is 0. The van der Waals surface area contributed by atoms with Crippen LogP contribution in [0.4, 0.5) is 0 Å². The lowest BCUT2D eigenvalue weighted by atomic mass is 10.2. The molecule has 0 saturated heterocycles. The summed E-state index contributed by atoms with van der Waals surface area (Å²) in [5.74, 6) is -1.03. The zero-order valence-electron chi connectivity index (χ0n) is 8.77. The van der Waals surface area contributed by atoms with Gasteiger partial charge in [0.2, 0.25) is 5.76 Å². The number of aromatic carboxylic acids is 1. The minimum atomic E-state index is -1.04. The number of nitrogens with one attached hydrogen (secondary N) is 1. The van der Waals surface area contributed by atoms with E-state index in [0.29, 0.717) is 18.7 Å². The molecule has 2 aromatic heterocycles. The van der Waals surface area contributed by atoms with Crippen molar-refractivity contribution in [3.8, 4) is 0 Å². The molecule has 0 aromatic carbocycles. The van der Waals surface area contributed by atoms with Crippen LogP contribution >= 0.6 is 27.3 Å².